The lowest BCUT2D eigenvalue weighted by molar-refractivity contribution is -0.271. The second-order valence-corrected chi connectivity index (χ2v) is 8.58. The molecule has 0 aliphatic carbocycles. The van der Waals surface area contributed by atoms with Crippen molar-refractivity contribution in [2.75, 3.05) is 14.2 Å². The monoisotopic (exact) mass is 510 g/mol. The van der Waals surface area contributed by atoms with Crippen LogP contribution >= 0.6 is 0 Å². The van der Waals surface area contributed by atoms with E-state index in [9.17, 15) is 34.8 Å². The Balaban J connectivity index is 2.05. The summed E-state index contributed by atoms with van der Waals surface area (Å²) in [7, 11) is 2.73. The molecule has 5 atom stereocenters. The number of cyclic esters (lactones) is 1. The van der Waals surface area contributed by atoms with Crippen LogP contribution < -0.4 is 9.47 Å². The maximum Gasteiger partial charge on any atom is 0.342 e. The van der Waals surface area contributed by atoms with Gasteiger partial charge in [-0.05, 0) is 32.3 Å². The quantitative estimate of drug-likeness (QED) is 0.266. The molecule has 1 aromatic rings. The number of aliphatic hydroxyl groups excluding tert-OH is 3. The third-order valence-electron chi connectivity index (χ3n) is 6.28. The van der Waals surface area contributed by atoms with Crippen molar-refractivity contribution >= 4 is 17.9 Å². The van der Waals surface area contributed by atoms with Crippen molar-refractivity contribution < 1.29 is 58.5 Å². The van der Waals surface area contributed by atoms with Gasteiger partial charge >= 0.3 is 17.9 Å². The van der Waals surface area contributed by atoms with Gasteiger partial charge in [-0.15, -0.1) is 0 Å². The van der Waals surface area contributed by atoms with Gasteiger partial charge in [0, 0.05) is 17.5 Å². The number of carbonyl (C=O) groups is 3. The molecule has 1 aromatic carbocycles. The maximum atomic E-state index is 12.7. The molecular weight excluding hydrogens is 480 g/mol. The van der Waals surface area contributed by atoms with E-state index in [1.807, 2.05) is 6.92 Å². The summed E-state index contributed by atoms with van der Waals surface area (Å²) in [5.41, 5.74) is 2.40. The minimum Gasteiger partial charge on any atom is -0.496 e. The molecule has 1 saturated heterocycles. The van der Waals surface area contributed by atoms with Crippen molar-refractivity contribution in [3.63, 3.8) is 0 Å². The van der Waals surface area contributed by atoms with E-state index in [2.05, 4.69) is 4.74 Å². The third kappa shape index (κ3) is 5.31. The highest BCUT2D eigenvalue weighted by molar-refractivity contribution is 5.98. The number of methoxy groups -OCH3 is 2. The van der Waals surface area contributed by atoms with E-state index in [1.165, 1.54) is 14.2 Å². The van der Waals surface area contributed by atoms with Crippen LogP contribution in [-0.2, 0) is 36.8 Å². The van der Waals surface area contributed by atoms with Gasteiger partial charge in [0.05, 0.1) is 14.2 Å². The van der Waals surface area contributed by atoms with Crippen LogP contribution in [0.15, 0.2) is 11.6 Å². The van der Waals surface area contributed by atoms with Crippen molar-refractivity contribution in [3.05, 3.63) is 33.9 Å². The van der Waals surface area contributed by atoms with Crippen LogP contribution in [0.4, 0.5) is 0 Å². The minimum atomic E-state index is -1.90. The lowest BCUT2D eigenvalue weighted by Gasteiger charge is -2.39. The second-order valence-electron chi connectivity index (χ2n) is 8.58. The zero-order chi connectivity index (χ0) is 26.7. The van der Waals surface area contributed by atoms with E-state index in [0.29, 0.717) is 28.9 Å². The van der Waals surface area contributed by atoms with Crippen molar-refractivity contribution in [1.29, 1.82) is 0 Å². The first-order chi connectivity index (χ1) is 17.0. The standard InChI is InChI=1S/C24H30O12/c1-10(6-8-14(25)32-3)5-7-12-19(33-4)11(2)13-9-34-23(31)15(13)20(12)35-24-18(28)16(26)17(27)21(36-24)22(29)30/h5,16-18,21,24,26-28H,6-9H2,1-4H3,(H,29,30)/b10-5+. The van der Waals surface area contributed by atoms with E-state index in [-0.39, 0.29) is 36.7 Å². The summed E-state index contributed by atoms with van der Waals surface area (Å²) in [6, 6.07) is 0. The number of carboxylic acids is 1. The van der Waals surface area contributed by atoms with Crippen LogP contribution in [0.5, 0.6) is 11.5 Å². The number of allylic oxidation sites excluding steroid dienone is 2. The first-order valence-electron chi connectivity index (χ1n) is 11.2. The molecule has 1 fully saturated rings. The van der Waals surface area contributed by atoms with Gasteiger partial charge in [0.1, 0.15) is 42.0 Å². The number of rotatable bonds is 9. The van der Waals surface area contributed by atoms with Gasteiger partial charge in [-0.3, -0.25) is 4.79 Å². The Hall–Kier alpha value is -3.19. The Morgan fingerprint density at radius 3 is 2.39 bits per heavy atom. The van der Waals surface area contributed by atoms with Crippen LogP contribution in [0.2, 0.25) is 0 Å². The molecule has 0 aromatic heterocycles. The molecule has 12 nitrogen and oxygen atoms in total. The molecule has 36 heavy (non-hydrogen) atoms. The van der Waals surface area contributed by atoms with Crippen LogP contribution in [0.3, 0.4) is 0 Å². The zero-order valence-electron chi connectivity index (χ0n) is 20.3. The highest BCUT2D eigenvalue weighted by atomic mass is 16.7. The minimum absolute atomic E-state index is 0.0475. The molecule has 0 spiro atoms. The first-order valence-corrected chi connectivity index (χ1v) is 11.2. The number of carboxylic acid groups (broad SMARTS) is 1. The fourth-order valence-corrected chi connectivity index (χ4v) is 4.19. The second kappa shape index (κ2) is 11.2. The number of aliphatic hydroxyl groups is 3. The Morgan fingerprint density at radius 2 is 1.78 bits per heavy atom. The molecule has 0 radical (unpaired) electrons. The van der Waals surface area contributed by atoms with E-state index in [1.54, 1.807) is 13.0 Å². The van der Waals surface area contributed by atoms with Crippen molar-refractivity contribution in [3.8, 4) is 11.5 Å². The van der Waals surface area contributed by atoms with Gasteiger partial charge in [0.15, 0.2) is 6.10 Å². The largest absolute Gasteiger partial charge is 0.496 e. The average molecular weight is 510 g/mol. The third-order valence-corrected chi connectivity index (χ3v) is 6.28. The Morgan fingerprint density at radius 1 is 1.08 bits per heavy atom. The Kier molecular flexibility index (Phi) is 8.56. The lowest BCUT2D eigenvalue weighted by Crippen LogP contribution is -2.61. The maximum absolute atomic E-state index is 12.7. The van der Waals surface area contributed by atoms with Gasteiger partial charge in [0.2, 0.25) is 6.29 Å². The molecule has 0 saturated carbocycles. The lowest BCUT2D eigenvalue weighted by atomic mass is 9.94. The SMILES string of the molecule is COC(=O)CC/C(C)=C/Cc1c(OC)c(C)c2c(c1OC1OC(C(=O)O)C(O)C(O)C1O)C(=O)OC2. The number of ether oxygens (including phenoxy) is 5. The summed E-state index contributed by atoms with van der Waals surface area (Å²) in [6.45, 7) is 3.51. The van der Waals surface area contributed by atoms with E-state index < -0.39 is 42.6 Å². The first kappa shape index (κ1) is 27.4. The fraction of sp³-hybridized carbons (Fsp3) is 0.542. The summed E-state index contributed by atoms with van der Waals surface area (Å²) in [4.78, 5) is 35.6. The summed E-state index contributed by atoms with van der Waals surface area (Å²) < 4.78 is 26.6. The molecule has 2 aliphatic rings. The number of hydrogen-bond donors (Lipinski definition) is 4. The number of carbonyl (C=O) groups excluding carboxylic acids is 2. The molecule has 4 N–H and O–H groups in total. The highest BCUT2D eigenvalue weighted by Gasteiger charge is 2.49. The Labute approximate surface area is 207 Å². The molecule has 5 unspecified atom stereocenters. The molecule has 0 amide bonds. The van der Waals surface area contributed by atoms with Crippen molar-refractivity contribution in [2.24, 2.45) is 0 Å². The molecule has 2 aliphatic heterocycles. The van der Waals surface area contributed by atoms with Crippen molar-refractivity contribution in [1.82, 2.24) is 0 Å². The molecular formula is C24H30O12. The van der Waals surface area contributed by atoms with Gasteiger partial charge in [-0.25, -0.2) is 9.59 Å². The van der Waals surface area contributed by atoms with Crippen LogP contribution in [0, 0.1) is 6.92 Å². The van der Waals surface area contributed by atoms with E-state index >= 15 is 0 Å². The van der Waals surface area contributed by atoms with Crippen LogP contribution in [-0.4, -0.2) is 83.3 Å². The molecule has 12 heteroatoms. The number of esters is 2. The van der Waals surface area contributed by atoms with E-state index in [4.69, 9.17) is 18.9 Å². The van der Waals surface area contributed by atoms with Gasteiger partial charge in [-0.2, -0.15) is 0 Å². The molecule has 198 valence electrons. The number of fused-ring (bicyclic) bond motifs is 1. The highest BCUT2D eigenvalue weighted by Crippen LogP contribution is 2.44. The molecule has 0 bridgehead atoms. The average Bonchev–Trinajstić information content (AvgIpc) is 3.24. The molecule has 2 heterocycles. The summed E-state index contributed by atoms with van der Waals surface area (Å²) >= 11 is 0. The predicted octanol–water partition coefficient (Wildman–Crippen LogP) is 0.387. The van der Waals surface area contributed by atoms with Crippen LogP contribution in [0.25, 0.3) is 0 Å². The smallest absolute Gasteiger partial charge is 0.342 e. The number of aliphatic carboxylic acids is 1. The summed E-state index contributed by atoms with van der Waals surface area (Å²) in [6.07, 6.45) is -6.68. The van der Waals surface area contributed by atoms with Crippen molar-refractivity contribution in [2.45, 2.75) is 70.4 Å². The topological polar surface area (TPSA) is 178 Å². The predicted molar refractivity (Wildman–Crippen MR) is 121 cm³/mol. The summed E-state index contributed by atoms with van der Waals surface area (Å²) in [5, 5.41) is 40.0. The summed E-state index contributed by atoms with van der Waals surface area (Å²) in [5.74, 6) is -2.32. The number of hydrogen-bond acceptors (Lipinski definition) is 11. The van der Waals surface area contributed by atoms with Gasteiger partial charge in [-0.1, -0.05) is 11.6 Å². The zero-order valence-corrected chi connectivity index (χ0v) is 20.3. The van der Waals surface area contributed by atoms with Gasteiger partial charge < -0.3 is 44.1 Å². The van der Waals surface area contributed by atoms with E-state index in [0.717, 1.165) is 5.57 Å². The Bertz CT molecular complexity index is 1060. The normalized spacial score (nSPS) is 25.7. The van der Waals surface area contributed by atoms with Gasteiger partial charge in [0.25, 0.3) is 0 Å². The number of benzene rings is 1. The molecule has 3 rings (SSSR count). The van der Waals surface area contributed by atoms with Crippen LogP contribution in [0.1, 0.15) is 46.8 Å². The fourth-order valence-electron chi connectivity index (χ4n) is 4.19.